The maximum atomic E-state index is 5.79. The van der Waals surface area contributed by atoms with Gasteiger partial charge in [-0.1, -0.05) is 24.3 Å². The Balaban J connectivity index is 1.83. The van der Waals surface area contributed by atoms with E-state index in [4.69, 9.17) is 4.74 Å². The lowest BCUT2D eigenvalue weighted by molar-refractivity contribution is 0.325. The van der Waals surface area contributed by atoms with Crippen LogP contribution in [0.5, 0.6) is 5.75 Å². The van der Waals surface area contributed by atoms with E-state index in [0.717, 1.165) is 22.5 Å². The summed E-state index contributed by atoms with van der Waals surface area (Å²) < 4.78 is 6.86. The number of hydrogen-bond acceptors (Lipinski definition) is 3. The minimum absolute atomic E-state index is 0.638. The third-order valence-electron chi connectivity index (χ3n) is 2.62. The van der Waals surface area contributed by atoms with E-state index in [1.54, 1.807) is 11.8 Å². The fourth-order valence-electron chi connectivity index (χ4n) is 1.69. The van der Waals surface area contributed by atoms with Crippen molar-refractivity contribution in [3.05, 3.63) is 53.0 Å². The van der Waals surface area contributed by atoms with Gasteiger partial charge in [0.05, 0.1) is 0 Å². The number of thioether (sulfide) groups is 1. The molecular weight excluding hydrogens is 322 g/mol. The molecule has 0 fully saturated rings. The number of halogens is 1. The molecule has 0 bridgehead atoms. The molecule has 0 aliphatic heterocycles. The summed E-state index contributed by atoms with van der Waals surface area (Å²) in [4.78, 5) is 1.17. The first-order valence-electron chi connectivity index (χ1n) is 6.05. The van der Waals surface area contributed by atoms with E-state index in [0.29, 0.717) is 6.61 Å². The van der Waals surface area contributed by atoms with Gasteiger partial charge in [0.1, 0.15) is 12.4 Å². The molecule has 0 amide bonds. The molecule has 0 unspecified atom stereocenters. The van der Waals surface area contributed by atoms with Crippen LogP contribution in [0.25, 0.3) is 0 Å². The first-order valence-corrected chi connectivity index (χ1v) is 8.07. The monoisotopic (exact) mass is 337 g/mol. The Morgan fingerprint density at radius 1 is 1.11 bits per heavy atom. The van der Waals surface area contributed by atoms with Crippen LogP contribution in [0.2, 0.25) is 0 Å². The Morgan fingerprint density at radius 2 is 1.84 bits per heavy atom. The first kappa shape index (κ1) is 14.3. The Kier molecular flexibility index (Phi) is 5.61. The second kappa shape index (κ2) is 7.46. The predicted octanol–water partition coefficient (Wildman–Crippen LogP) is 4.66. The molecule has 1 N–H and O–H groups in total. The molecule has 4 heteroatoms. The Morgan fingerprint density at radius 3 is 2.63 bits per heavy atom. The molecule has 0 radical (unpaired) electrons. The average Bonchev–Trinajstić information content (AvgIpc) is 2.45. The molecule has 2 aromatic carbocycles. The third-order valence-corrected chi connectivity index (χ3v) is 4.09. The smallest absolute Gasteiger partial charge is 0.132 e. The summed E-state index contributed by atoms with van der Waals surface area (Å²) in [5, 5.41) is 3.34. The Hall–Kier alpha value is -1.13. The second-order valence-corrected chi connectivity index (χ2v) is 5.61. The Labute approximate surface area is 126 Å². The molecule has 2 nitrogen and oxygen atoms in total. The van der Waals surface area contributed by atoms with Gasteiger partial charge in [-0.15, -0.1) is 11.8 Å². The van der Waals surface area contributed by atoms with E-state index in [-0.39, 0.29) is 0 Å². The average molecular weight is 338 g/mol. The molecule has 0 saturated carbocycles. The molecule has 100 valence electrons. The minimum Gasteiger partial charge on any atom is -0.491 e. The van der Waals surface area contributed by atoms with Gasteiger partial charge in [-0.25, -0.2) is 0 Å². The van der Waals surface area contributed by atoms with Crippen molar-refractivity contribution in [1.29, 1.82) is 0 Å². The van der Waals surface area contributed by atoms with Crippen LogP contribution in [-0.2, 0) is 0 Å². The number of hydrogen-bond donors (Lipinski definition) is 1. The van der Waals surface area contributed by atoms with E-state index in [1.807, 2.05) is 42.5 Å². The SMILES string of the molecule is CSc1ccccc1OCCNc1ccccc1Br. The molecule has 0 saturated heterocycles. The summed E-state index contributed by atoms with van der Waals surface area (Å²) in [6, 6.07) is 16.2. The quantitative estimate of drug-likeness (QED) is 0.611. The maximum absolute atomic E-state index is 5.79. The van der Waals surface area contributed by atoms with Crippen LogP contribution in [0, 0.1) is 0 Å². The zero-order chi connectivity index (χ0) is 13.5. The first-order chi connectivity index (χ1) is 9.31. The van der Waals surface area contributed by atoms with Crippen molar-refractivity contribution >= 4 is 33.4 Å². The predicted molar refractivity (Wildman–Crippen MR) is 86.3 cm³/mol. The summed E-state index contributed by atoms with van der Waals surface area (Å²) >= 11 is 5.21. The number of para-hydroxylation sites is 2. The van der Waals surface area contributed by atoms with E-state index < -0.39 is 0 Å². The largest absolute Gasteiger partial charge is 0.491 e. The summed E-state index contributed by atoms with van der Waals surface area (Å²) in [5.74, 6) is 0.948. The molecule has 0 atom stereocenters. The van der Waals surface area contributed by atoms with E-state index >= 15 is 0 Å². The normalized spacial score (nSPS) is 10.2. The van der Waals surface area contributed by atoms with Crippen molar-refractivity contribution in [1.82, 2.24) is 0 Å². The fourth-order valence-corrected chi connectivity index (χ4v) is 2.66. The summed E-state index contributed by atoms with van der Waals surface area (Å²) in [6.45, 7) is 1.41. The van der Waals surface area contributed by atoms with Crippen molar-refractivity contribution in [2.45, 2.75) is 4.90 Å². The molecule has 19 heavy (non-hydrogen) atoms. The van der Waals surface area contributed by atoms with Gasteiger partial charge in [-0.05, 0) is 46.5 Å². The van der Waals surface area contributed by atoms with Crippen LogP contribution in [0.4, 0.5) is 5.69 Å². The van der Waals surface area contributed by atoms with Gasteiger partial charge in [-0.3, -0.25) is 0 Å². The number of rotatable bonds is 6. The summed E-state index contributed by atoms with van der Waals surface area (Å²) in [5.41, 5.74) is 1.09. The highest BCUT2D eigenvalue weighted by molar-refractivity contribution is 9.10. The van der Waals surface area contributed by atoms with E-state index in [1.165, 1.54) is 4.90 Å². The molecule has 0 spiro atoms. The number of nitrogens with one attached hydrogen (secondary N) is 1. The van der Waals surface area contributed by atoms with Crippen LogP contribution < -0.4 is 10.1 Å². The minimum atomic E-state index is 0.638. The van der Waals surface area contributed by atoms with Gasteiger partial charge in [0.25, 0.3) is 0 Å². The zero-order valence-corrected chi connectivity index (χ0v) is 13.1. The third kappa shape index (κ3) is 4.18. The molecule has 0 aromatic heterocycles. The summed E-state index contributed by atoms with van der Waals surface area (Å²) in [6.07, 6.45) is 2.06. The van der Waals surface area contributed by atoms with E-state index in [2.05, 4.69) is 33.6 Å². The molecule has 0 aliphatic carbocycles. The van der Waals surface area contributed by atoms with Gasteiger partial charge in [-0.2, -0.15) is 0 Å². The van der Waals surface area contributed by atoms with Crippen molar-refractivity contribution in [2.75, 3.05) is 24.7 Å². The number of anilines is 1. The van der Waals surface area contributed by atoms with Gasteiger partial charge in [0.2, 0.25) is 0 Å². The number of ether oxygens (including phenoxy) is 1. The van der Waals surface area contributed by atoms with Crippen LogP contribution in [-0.4, -0.2) is 19.4 Å². The number of benzene rings is 2. The lowest BCUT2D eigenvalue weighted by Gasteiger charge is -2.11. The van der Waals surface area contributed by atoms with Crippen LogP contribution in [0.15, 0.2) is 57.9 Å². The highest BCUT2D eigenvalue weighted by Gasteiger charge is 2.01. The van der Waals surface area contributed by atoms with Crippen molar-refractivity contribution in [2.24, 2.45) is 0 Å². The highest BCUT2D eigenvalue weighted by atomic mass is 79.9. The topological polar surface area (TPSA) is 21.3 Å². The van der Waals surface area contributed by atoms with Crippen molar-refractivity contribution in [3.63, 3.8) is 0 Å². The van der Waals surface area contributed by atoms with Crippen LogP contribution in [0.3, 0.4) is 0 Å². The molecule has 0 heterocycles. The molecular formula is C15H16BrNOS. The molecule has 2 aromatic rings. The Bertz CT molecular complexity index is 533. The summed E-state index contributed by atoms with van der Waals surface area (Å²) in [7, 11) is 0. The fraction of sp³-hybridized carbons (Fsp3) is 0.200. The lowest BCUT2D eigenvalue weighted by Crippen LogP contribution is -2.12. The molecule has 2 rings (SSSR count). The van der Waals surface area contributed by atoms with Gasteiger partial charge < -0.3 is 10.1 Å². The van der Waals surface area contributed by atoms with Crippen LogP contribution in [0.1, 0.15) is 0 Å². The van der Waals surface area contributed by atoms with E-state index in [9.17, 15) is 0 Å². The van der Waals surface area contributed by atoms with Crippen molar-refractivity contribution < 1.29 is 4.74 Å². The van der Waals surface area contributed by atoms with Gasteiger partial charge in [0.15, 0.2) is 0 Å². The van der Waals surface area contributed by atoms with Gasteiger partial charge in [0, 0.05) is 21.6 Å². The maximum Gasteiger partial charge on any atom is 0.132 e. The van der Waals surface area contributed by atoms with Crippen molar-refractivity contribution in [3.8, 4) is 5.75 Å². The lowest BCUT2D eigenvalue weighted by atomic mass is 10.3. The van der Waals surface area contributed by atoms with Gasteiger partial charge >= 0.3 is 0 Å². The standard InChI is InChI=1S/C15H16BrNOS/c1-19-15-9-5-4-8-14(15)18-11-10-17-13-7-3-2-6-12(13)16/h2-9,17H,10-11H2,1H3. The zero-order valence-electron chi connectivity index (χ0n) is 10.7. The molecule has 0 aliphatic rings. The van der Waals surface area contributed by atoms with Crippen LogP contribution >= 0.6 is 27.7 Å². The highest BCUT2D eigenvalue weighted by Crippen LogP contribution is 2.26. The second-order valence-electron chi connectivity index (χ2n) is 3.91.